The summed E-state index contributed by atoms with van der Waals surface area (Å²) in [6.45, 7) is 8.16. The van der Waals surface area contributed by atoms with Crippen LogP contribution >= 0.6 is 0 Å². The fourth-order valence-corrected chi connectivity index (χ4v) is 3.12. The van der Waals surface area contributed by atoms with Gasteiger partial charge >= 0.3 is 0 Å². The van der Waals surface area contributed by atoms with Gasteiger partial charge in [0, 0.05) is 18.7 Å². The van der Waals surface area contributed by atoms with Crippen LogP contribution in [0.15, 0.2) is 78.9 Å². The summed E-state index contributed by atoms with van der Waals surface area (Å²) in [5, 5.41) is 2.96. The maximum absolute atomic E-state index is 12.3. The van der Waals surface area contributed by atoms with Crippen LogP contribution in [0.4, 0.5) is 0 Å². The van der Waals surface area contributed by atoms with E-state index in [9.17, 15) is 4.79 Å². The van der Waals surface area contributed by atoms with E-state index in [-0.39, 0.29) is 5.91 Å². The Hall–Kier alpha value is -3.31. The van der Waals surface area contributed by atoms with Crippen LogP contribution in [-0.4, -0.2) is 37.0 Å². The second kappa shape index (κ2) is 11.8. The van der Waals surface area contributed by atoms with Crippen LogP contribution in [0.2, 0.25) is 0 Å². The van der Waals surface area contributed by atoms with E-state index < -0.39 is 0 Å². The summed E-state index contributed by atoms with van der Waals surface area (Å²) in [6, 6.07) is 24.7. The third-order valence-corrected chi connectivity index (χ3v) is 5.03. The van der Waals surface area contributed by atoms with Gasteiger partial charge in [-0.05, 0) is 67.2 Å². The summed E-state index contributed by atoms with van der Waals surface area (Å²) < 4.78 is 11.7. The van der Waals surface area contributed by atoms with Crippen LogP contribution in [0.25, 0.3) is 0 Å². The first-order valence-electron chi connectivity index (χ1n) is 10.7. The average molecular weight is 419 g/mol. The summed E-state index contributed by atoms with van der Waals surface area (Å²) in [7, 11) is 0. The Morgan fingerprint density at radius 2 is 1.42 bits per heavy atom. The molecule has 162 valence electrons. The molecule has 5 nitrogen and oxygen atoms in total. The number of hydrogen-bond acceptors (Lipinski definition) is 4. The van der Waals surface area contributed by atoms with Gasteiger partial charge in [-0.1, -0.05) is 44.2 Å². The van der Waals surface area contributed by atoms with Gasteiger partial charge in [-0.15, -0.1) is 0 Å². The summed E-state index contributed by atoms with van der Waals surface area (Å²) >= 11 is 0. The van der Waals surface area contributed by atoms with Gasteiger partial charge in [0.25, 0.3) is 5.91 Å². The molecule has 0 fully saturated rings. The van der Waals surface area contributed by atoms with Crippen LogP contribution in [0.5, 0.6) is 17.2 Å². The summed E-state index contributed by atoms with van der Waals surface area (Å²) in [4.78, 5) is 14.5. The van der Waals surface area contributed by atoms with E-state index in [2.05, 4.69) is 24.1 Å². The maximum Gasteiger partial charge on any atom is 0.251 e. The van der Waals surface area contributed by atoms with Crippen LogP contribution < -0.4 is 14.8 Å². The highest BCUT2D eigenvalue weighted by molar-refractivity contribution is 5.94. The van der Waals surface area contributed by atoms with Gasteiger partial charge in [-0.25, -0.2) is 0 Å². The summed E-state index contributed by atoms with van der Waals surface area (Å²) in [5.74, 6) is 2.26. The molecule has 0 aliphatic carbocycles. The third kappa shape index (κ3) is 7.15. The number of amides is 1. The van der Waals surface area contributed by atoms with Crippen molar-refractivity contribution in [3.05, 3.63) is 90.0 Å². The lowest BCUT2D eigenvalue weighted by atomic mass is 10.2. The largest absolute Gasteiger partial charge is 0.489 e. The quantitative estimate of drug-likeness (QED) is 0.469. The zero-order chi connectivity index (χ0) is 21.9. The Labute approximate surface area is 184 Å². The molecule has 5 heteroatoms. The second-order valence-corrected chi connectivity index (χ2v) is 7.15. The number of carbonyl (C=O) groups excluding carboxylic acids is 1. The molecule has 0 saturated carbocycles. The fourth-order valence-electron chi connectivity index (χ4n) is 3.12. The van der Waals surface area contributed by atoms with E-state index in [1.165, 1.54) is 0 Å². The van der Waals surface area contributed by atoms with E-state index in [1.54, 1.807) is 12.1 Å². The fraction of sp³-hybridized carbons (Fsp3) is 0.269. The molecule has 3 aromatic carbocycles. The van der Waals surface area contributed by atoms with Crippen molar-refractivity contribution in [2.24, 2.45) is 0 Å². The lowest BCUT2D eigenvalue weighted by Gasteiger charge is -2.18. The van der Waals surface area contributed by atoms with Crippen molar-refractivity contribution in [2.75, 3.05) is 26.2 Å². The third-order valence-electron chi connectivity index (χ3n) is 5.03. The van der Waals surface area contributed by atoms with Gasteiger partial charge in [0.2, 0.25) is 0 Å². The SMILES string of the molecule is CCN(CC)CCNC(=O)c1ccc(OCc2ccc(Oc3ccccc3)cc2)cc1. The number of para-hydroxylation sites is 1. The Morgan fingerprint density at radius 1 is 0.806 bits per heavy atom. The maximum atomic E-state index is 12.3. The highest BCUT2D eigenvalue weighted by Gasteiger charge is 2.07. The first kappa shape index (κ1) is 22.4. The van der Waals surface area contributed by atoms with Gasteiger partial charge in [0.05, 0.1) is 0 Å². The van der Waals surface area contributed by atoms with E-state index in [0.29, 0.717) is 18.7 Å². The van der Waals surface area contributed by atoms with E-state index in [1.807, 2.05) is 66.7 Å². The minimum atomic E-state index is -0.0623. The molecule has 0 spiro atoms. The Balaban J connectivity index is 1.45. The zero-order valence-electron chi connectivity index (χ0n) is 18.2. The number of ether oxygens (including phenoxy) is 2. The smallest absolute Gasteiger partial charge is 0.251 e. The van der Waals surface area contributed by atoms with E-state index >= 15 is 0 Å². The Morgan fingerprint density at radius 3 is 2.06 bits per heavy atom. The van der Waals surface area contributed by atoms with Crippen molar-refractivity contribution in [3.63, 3.8) is 0 Å². The number of nitrogens with zero attached hydrogens (tertiary/aromatic N) is 1. The first-order valence-corrected chi connectivity index (χ1v) is 10.7. The Kier molecular flexibility index (Phi) is 8.49. The summed E-state index contributed by atoms with van der Waals surface area (Å²) in [5.41, 5.74) is 1.67. The molecule has 0 heterocycles. The normalized spacial score (nSPS) is 10.7. The number of carbonyl (C=O) groups is 1. The van der Waals surface area contributed by atoms with Crippen LogP contribution in [0.3, 0.4) is 0 Å². The first-order chi connectivity index (χ1) is 15.2. The lowest BCUT2D eigenvalue weighted by molar-refractivity contribution is 0.0949. The number of hydrogen-bond donors (Lipinski definition) is 1. The van der Waals surface area contributed by atoms with Crippen LogP contribution in [0, 0.1) is 0 Å². The molecule has 0 saturated heterocycles. The molecule has 0 bridgehead atoms. The molecule has 1 amide bonds. The highest BCUT2D eigenvalue weighted by atomic mass is 16.5. The molecule has 31 heavy (non-hydrogen) atoms. The molecule has 0 aliphatic rings. The lowest BCUT2D eigenvalue weighted by Crippen LogP contribution is -2.34. The summed E-state index contributed by atoms with van der Waals surface area (Å²) in [6.07, 6.45) is 0. The molecule has 0 radical (unpaired) electrons. The second-order valence-electron chi connectivity index (χ2n) is 7.15. The number of benzene rings is 3. The number of rotatable bonds is 11. The van der Waals surface area contributed by atoms with Gasteiger partial charge in [0.1, 0.15) is 23.9 Å². The van der Waals surface area contributed by atoms with Gasteiger partial charge in [-0.2, -0.15) is 0 Å². The molecule has 0 unspecified atom stereocenters. The minimum Gasteiger partial charge on any atom is -0.489 e. The van der Waals surface area contributed by atoms with Gasteiger partial charge < -0.3 is 19.7 Å². The van der Waals surface area contributed by atoms with Crippen molar-refractivity contribution in [3.8, 4) is 17.2 Å². The standard InChI is InChI=1S/C26H30N2O3/c1-3-28(4-2)19-18-27-26(29)22-12-16-23(17-13-22)30-20-21-10-14-25(15-11-21)31-24-8-6-5-7-9-24/h5-17H,3-4,18-20H2,1-2H3,(H,27,29). The topological polar surface area (TPSA) is 50.8 Å². The molecule has 0 aliphatic heterocycles. The van der Waals surface area contributed by atoms with Gasteiger partial charge in [0.15, 0.2) is 0 Å². The molecular weight excluding hydrogens is 388 g/mol. The van der Waals surface area contributed by atoms with E-state index in [0.717, 1.165) is 42.4 Å². The predicted octanol–water partition coefficient (Wildman–Crippen LogP) is 5.13. The van der Waals surface area contributed by atoms with Crippen molar-refractivity contribution >= 4 is 5.91 Å². The monoisotopic (exact) mass is 418 g/mol. The average Bonchev–Trinajstić information content (AvgIpc) is 2.82. The predicted molar refractivity (Wildman–Crippen MR) is 124 cm³/mol. The Bertz CT molecular complexity index is 921. The minimum absolute atomic E-state index is 0.0623. The molecular formula is C26H30N2O3. The van der Waals surface area contributed by atoms with E-state index in [4.69, 9.17) is 9.47 Å². The number of likely N-dealkylation sites (N-methyl/N-ethyl adjacent to an activating group) is 1. The van der Waals surface area contributed by atoms with Crippen LogP contribution in [0.1, 0.15) is 29.8 Å². The molecule has 3 aromatic rings. The zero-order valence-corrected chi connectivity index (χ0v) is 18.2. The van der Waals surface area contributed by atoms with Crippen molar-refractivity contribution < 1.29 is 14.3 Å². The number of nitrogens with one attached hydrogen (secondary N) is 1. The molecule has 0 aromatic heterocycles. The van der Waals surface area contributed by atoms with Crippen molar-refractivity contribution in [1.29, 1.82) is 0 Å². The van der Waals surface area contributed by atoms with Gasteiger partial charge in [-0.3, -0.25) is 4.79 Å². The molecule has 1 N–H and O–H groups in total. The van der Waals surface area contributed by atoms with Crippen LogP contribution in [-0.2, 0) is 6.61 Å². The molecule has 0 atom stereocenters. The van der Waals surface area contributed by atoms with Crippen molar-refractivity contribution in [2.45, 2.75) is 20.5 Å². The van der Waals surface area contributed by atoms with Crippen molar-refractivity contribution in [1.82, 2.24) is 10.2 Å². The molecule has 3 rings (SSSR count). The highest BCUT2D eigenvalue weighted by Crippen LogP contribution is 2.22.